The van der Waals surface area contributed by atoms with Gasteiger partial charge >= 0.3 is 0 Å². The first-order valence-electron chi connectivity index (χ1n) is 14.7. The van der Waals surface area contributed by atoms with Gasteiger partial charge in [-0.3, -0.25) is 0 Å². The molecule has 1 atom stereocenters. The van der Waals surface area contributed by atoms with E-state index >= 15 is 0 Å². The Morgan fingerprint density at radius 2 is 1.38 bits per heavy atom. The molecule has 3 aromatic carbocycles. The molecular formula is C37H51HfSi-. The molecule has 0 amide bonds. The first kappa shape index (κ1) is 32.1. The van der Waals surface area contributed by atoms with Crippen LogP contribution in [0.3, 0.4) is 0 Å². The van der Waals surface area contributed by atoms with Crippen LogP contribution in [0.4, 0.5) is 0 Å². The van der Waals surface area contributed by atoms with E-state index in [1.165, 1.54) is 33.0 Å². The number of hydrogen-bond donors (Lipinski definition) is 0. The minimum Gasteiger partial charge on any atom is -0.145 e. The summed E-state index contributed by atoms with van der Waals surface area (Å²) >= 11 is 0. The Bertz CT molecular complexity index is 1420. The van der Waals surface area contributed by atoms with Crippen LogP contribution in [0.5, 0.6) is 0 Å². The molecule has 0 aliphatic heterocycles. The maximum Gasteiger partial charge on any atom is 0.108 e. The predicted octanol–water partition coefficient (Wildman–Crippen LogP) is 10.7. The summed E-state index contributed by atoms with van der Waals surface area (Å²) in [5.41, 5.74) is 12.3. The zero-order valence-electron chi connectivity index (χ0n) is 27.2. The van der Waals surface area contributed by atoms with E-state index in [9.17, 15) is 0 Å². The minimum atomic E-state index is -2.04. The van der Waals surface area contributed by atoms with E-state index in [1.54, 1.807) is 32.7 Å². The van der Waals surface area contributed by atoms with Crippen molar-refractivity contribution >= 4 is 24.0 Å². The molecule has 0 N–H and O–H groups in total. The van der Waals surface area contributed by atoms with Crippen LogP contribution in [0.2, 0.25) is 13.1 Å². The molecule has 0 saturated heterocycles. The summed E-state index contributed by atoms with van der Waals surface area (Å²) in [4.78, 5) is 0. The maximum atomic E-state index is 2.67. The molecule has 1 aliphatic rings. The van der Waals surface area contributed by atoms with Gasteiger partial charge in [-0.25, -0.2) is 0 Å². The Morgan fingerprint density at radius 1 is 0.821 bits per heavy atom. The molecule has 0 radical (unpaired) electrons. The molecule has 0 fully saturated rings. The van der Waals surface area contributed by atoms with Crippen LogP contribution < -0.4 is 5.19 Å². The van der Waals surface area contributed by atoms with E-state index in [-0.39, 0.29) is 36.7 Å². The van der Waals surface area contributed by atoms with Crippen LogP contribution in [0.1, 0.15) is 106 Å². The second-order valence-electron chi connectivity index (χ2n) is 14.9. The van der Waals surface area contributed by atoms with Gasteiger partial charge in [-0.05, 0) is 60.1 Å². The molecule has 0 bridgehead atoms. The Morgan fingerprint density at radius 3 is 1.85 bits per heavy atom. The van der Waals surface area contributed by atoms with Crippen LogP contribution in [0.15, 0.2) is 64.4 Å². The summed E-state index contributed by atoms with van der Waals surface area (Å²) in [5, 5.41) is 6.05. The average Bonchev–Trinajstić information content (AvgIpc) is 3.31. The molecule has 3 aromatic rings. The van der Waals surface area contributed by atoms with E-state index in [4.69, 9.17) is 0 Å². The summed E-state index contributed by atoms with van der Waals surface area (Å²) < 4.78 is 0. The van der Waals surface area contributed by atoms with Gasteiger partial charge < -0.3 is 0 Å². The zero-order valence-corrected chi connectivity index (χ0v) is 31.8. The molecule has 1 aliphatic carbocycles. The van der Waals surface area contributed by atoms with Crippen molar-refractivity contribution in [1.82, 2.24) is 0 Å². The number of rotatable bonds is 4. The van der Waals surface area contributed by atoms with Gasteiger partial charge in [0.05, 0.1) is 0 Å². The van der Waals surface area contributed by atoms with Crippen LogP contribution >= 0.6 is 0 Å². The number of benzene rings is 2. The largest absolute Gasteiger partial charge is 0.145 e. The molecule has 0 spiro atoms. The third-order valence-electron chi connectivity index (χ3n) is 9.36. The Labute approximate surface area is 259 Å². The van der Waals surface area contributed by atoms with Gasteiger partial charge in [-0.15, -0.1) is 34.5 Å². The molecule has 1 unspecified atom stereocenters. The van der Waals surface area contributed by atoms with E-state index in [1.807, 2.05) is 0 Å². The molecule has 4 rings (SSSR count). The van der Waals surface area contributed by atoms with Gasteiger partial charge in [-0.2, -0.15) is 0 Å². The van der Waals surface area contributed by atoms with Crippen LogP contribution in [0, 0.1) is 5.92 Å². The average molecular weight is 702 g/mol. The summed E-state index contributed by atoms with van der Waals surface area (Å²) in [6.07, 6.45) is 0. The first-order chi connectivity index (χ1) is 17.4. The molecule has 0 nitrogen and oxygen atoms in total. The zero-order chi connectivity index (χ0) is 28.5. The van der Waals surface area contributed by atoms with Crippen molar-refractivity contribution in [1.29, 1.82) is 0 Å². The monoisotopic (exact) mass is 703 g/mol. The summed E-state index contributed by atoms with van der Waals surface area (Å²) in [6.45, 7) is 34.2. The van der Waals surface area contributed by atoms with Gasteiger partial charge in [-0.1, -0.05) is 132 Å². The van der Waals surface area contributed by atoms with Crippen molar-refractivity contribution in [3.8, 4) is 11.1 Å². The second kappa shape index (κ2) is 10.8. The van der Waals surface area contributed by atoms with Crippen LogP contribution in [-0.4, -0.2) is 8.07 Å². The molecule has 2 heteroatoms. The van der Waals surface area contributed by atoms with Crippen molar-refractivity contribution in [2.45, 2.75) is 113 Å². The van der Waals surface area contributed by atoms with Crippen molar-refractivity contribution in [3.05, 3.63) is 81.1 Å². The number of hydrogen-bond acceptors (Lipinski definition) is 0. The van der Waals surface area contributed by atoms with Gasteiger partial charge in [0, 0.05) is 25.8 Å². The van der Waals surface area contributed by atoms with Gasteiger partial charge in [0.1, 0.15) is 8.07 Å². The van der Waals surface area contributed by atoms with E-state index in [0.29, 0.717) is 11.8 Å². The smallest absolute Gasteiger partial charge is 0.108 e. The van der Waals surface area contributed by atoms with Crippen molar-refractivity contribution in [2.75, 3.05) is 0 Å². The predicted molar refractivity (Wildman–Crippen MR) is 174 cm³/mol. The minimum absolute atomic E-state index is 0. The summed E-state index contributed by atoms with van der Waals surface area (Å²) in [7, 11) is -2.04. The van der Waals surface area contributed by atoms with Gasteiger partial charge in [0.2, 0.25) is 0 Å². The van der Waals surface area contributed by atoms with Crippen LogP contribution in [-0.2, 0) is 36.7 Å². The third-order valence-corrected chi connectivity index (χ3v) is 13.3. The fraction of sp³-hybridized carbons (Fsp3) is 0.486. The van der Waals surface area contributed by atoms with Crippen LogP contribution in [0.25, 0.3) is 21.9 Å². The number of allylic oxidation sites excluding steroid dienone is 4. The first-order valence-corrected chi connectivity index (χ1v) is 17.7. The fourth-order valence-corrected chi connectivity index (χ4v) is 11.8. The van der Waals surface area contributed by atoms with E-state index < -0.39 is 8.07 Å². The van der Waals surface area contributed by atoms with Crippen molar-refractivity contribution < 1.29 is 25.8 Å². The van der Waals surface area contributed by atoms with Gasteiger partial charge in [0.25, 0.3) is 0 Å². The molecule has 0 saturated carbocycles. The Hall–Kier alpha value is -1.38. The SMILES string of the molecule is CC1=C(C)C(C)C([Si](C)(C)c2cc(-c3cc4ccccc4[cH-]3)c(C(C)(C)C)c(C(C)C)c2C(C)(C)C)=C1C.[Hf]. The number of fused-ring (bicyclic) bond motifs is 1. The topological polar surface area (TPSA) is 0 Å². The molecule has 0 heterocycles. The second-order valence-corrected chi connectivity index (χ2v) is 19.2. The van der Waals surface area contributed by atoms with Crippen molar-refractivity contribution in [2.24, 2.45) is 5.92 Å². The van der Waals surface area contributed by atoms with E-state index in [2.05, 4.69) is 139 Å². The summed E-state index contributed by atoms with van der Waals surface area (Å²) in [5.74, 6) is 0.975. The third kappa shape index (κ3) is 5.46. The Balaban J connectivity index is 0.00000420. The van der Waals surface area contributed by atoms with Crippen molar-refractivity contribution in [3.63, 3.8) is 0 Å². The molecule has 0 aromatic heterocycles. The maximum absolute atomic E-state index is 2.67. The molecule has 208 valence electrons. The van der Waals surface area contributed by atoms with Gasteiger partial charge in [0.15, 0.2) is 0 Å². The normalized spacial score (nSPS) is 17.1. The molecule has 39 heavy (non-hydrogen) atoms. The summed E-state index contributed by atoms with van der Waals surface area (Å²) in [6, 6.07) is 16.4. The molecular weight excluding hydrogens is 651 g/mol. The fourth-order valence-electron chi connectivity index (χ4n) is 7.44. The standard InChI is InChI=1S/C37H51Si.Hf/c1-22(2)32-33(36(7,8)9)30(29-19-27-17-15-16-18-28(27)20-29)21-31(34(32)37(10,11)12)38(13,14)35-25(5)23(3)24(4)26(35)6;/h15-22,25H,1-14H3;/q-1;. The van der Waals surface area contributed by atoms with E-state index in [0.717, 1.165) is 0 Å². The quantitative estimate of drug-likeness (QED) is 0.188. The Kier molecular flexibility index (Phi) is 8.89.